The Kier molecular flexibility index (Phi) is 4.49. The van der Waals surface area contributed by atoms with Gasteiger partial charge in [0, 0.05) is 10.9 Å². The van der Waals surface area contributed by atoms with E-state index in [2.05, 4.69) is 15.9 Å². The van der Waals surface area contributed by atoms with Crippen molar-refractivity contribution in [1.82, 2.24) is 0 Å². The highest BCUT2D eigenvalue weighted by atomic mass is 79.9. The highest BCUT2D eigenvalue weighted by Gasteiger charge is 2.14. The summed E-state index contributed by atoms with van der Waals surface area (Å²) in [6.07, 6.45) is -0.0238. The molecule has 0 N–H and O–H groups in total. The van der Waals surface area contributed by atoms with Crippen molar-refractivity contribution in [3.63, 3.8) is 0 Å². The molecule has 2 rings (SSSR count). The van der Waals surface area contributed by atoms with E-state index in [0.29, 0.717) is 16.9 Å². The van der Waals surface area contributed by atoms with Crippen LogP contribution in [0.2, 0.25) is 0 Å². The molecule has 0 unspecified atom stereocenters. The Balaban J connectivity index is 2.27. The van der Waals surface area contributed by atoms with E-state index in [1.54, 1.807) is 18.2 Å². The van der Waals surface area contributed by atoms with Crippen molar-refractivity contribution in [3.8, 4) is 5.75 Å². The van der Waals surface area contributed by atoms with E-state index >= 15 is 0 Å². The summed E-state index contributed by atoms with van der Waals surface area (Å²) in [6, 6.07) is 8.49. The molecule has 0 heterocycles. The Bertz CT molecular complexity index is 656. The van der Waals surface area contributed by atoms with Gasteiger partial charge >= 0.3 is 0 Å². The van der Waals surface area contributed by atoms with Crippen LogP contribution in [-0.2, 0) is 6.42 Å². The number of ketones is 1. The molecule has 0 aliphatic carbocycles. The van der Waals surface area contributed by atoms with Gasteiger partial charge in [0.05, 0.1) is 12.7 Å². The fourth-order valence-electron chi connectivity index (χ4n) is 1.83. The van der Waals surface area contributed by atoms with Gasteiger partial charge in [0.1, 0.15) is 5.75 Å². The number of halogens is 3. The summed E-state index contributed by atoms with van der Waals surface area (Å²) in [6.45, 7) is 0. The highest BCUT2D eigenvalue weighted by Crippen LogP contribution is 2.24. The molecule has 20 heavy (non-hydrogen) atoms. The molecule has 0 amide bonds. The molecule has 2 aromatic carbocycles. The van der Waals surface area contributed by atoms with E-state index in [9.17, 15) is 13.6 Å². The predicted molar refractivity (Wildman–Crippen MR) is 75.1 cm³/mol. The van der Waals surface area contributed by atoms with Crippen LogP contribution in [0.15, 0.2) is 40.9 Å². The van der Waals surface area contributed by atoms with Gasteiger partial charge in [-0.15, -0.1) is 0 Å². The van der Waals surface area contributed by atoms with Crippen LogP contribution in [0.25, 0.3) is 0 Å². The fourth-order valence-corrected chi connectivity index (χ4v) is 2.19. The normalized spacial score (nSPS) is 10.4. The Morgan fingerprint density at radius 2 is 1.90 bits per heavy atom. The third-order valence-corrected chi connectivity index (χ3v) is 3.30. The van der Waals surface area contributed by atoms with E-state index < -0.39 is 11.6 Å². The lowest BCUT2D eigenvalue weighted by molar-refractivity contribution is 0.0990. The molecule has 0 aliphatic heterocycles. The van der Waals surface area contributed by atoms with Gasteiger partial charge in [-0.3, -0.25) is 4.79 Å². The van der Waals surface area contributed by atoms with Crippen LogP contribution in [0.3, 0.4) is 0 Å². The first-order chi connectivity index (χ1) is 9.51. The van der Waals surface area contributed by atoms with Gasteiger partial charge in [-0.25, -0.2) is 8.78 Å². The van der Waals surface area contributed by atoms with E-state index in [0.717, 1.165) is 16.6 Å². The maximum Gasteiger partial charge on any atom is 0.170 e. The third kappa shape index (κ3) is 3.22. The smallest absolute Gasteiger partial charge is 0.170 e. The minimum atomic E-state index is -0.962. The van der Waals surface area contributed by atoms with Crippen LogP contribution in [0, 0.1) is 11.6 Å². The molecule has 5 heteroatoms. The summed E-state index contributed by atoms with van der Waals surface area (Å²) < 4.78 is 31.8. The Hall–Kier alpha value is -1.75. The van der Waals surface area contributed by atoms with E-state index in [1.165, 1.54) is 13.2 Å². The van der Waals surface area contributed by atoms with Gasteiger partial charge in [0.15, 0.2) is 17.4 Å². The van der Waals surface area contributed by atoms with Gasteiger partial charge in [0.2, 0.25) is 0 Å². The molecule has 0 radical (unpaired) electrons. The lowest BCUT2D eigenvalue weighted by Crippen LogP contribution is -2.06. The van der Waals surface area contributed by atoms with Gasteiger partial charge in [-0.05, 0) is 35.9 Å². The SMILES string of the molecule is COc1ccc(Br)cc1C(=O)Cc1ccc(F)c(F)c1. The number of hydrogen-bond acceptors (Lipinski definition) is 2. The topological polar surface area (TPSA) is 26.3 Å². The van der Waals surface area contributed by atoms with Crippen LogP contribution in [0.1, 0.15) is 15.9 Å². The molecule has 104 valence electrons. The lowest BCUT2D eigenvalue weighted by atomic mass is 10.0. The second kappa shape index (κ2) is 6.13. The number of Topliss-reactive ketones (excluding diaryl/α,β-unsaturated/α-hetero) is 1. The molecule has 0 spiro atoms. The summed E-state index contributed by atoms with van der Waals surface area (Å²) in [4.78, 5) is 12.2. The Morgan fingerprint density at radius 3 is 2.55 bits per heavy atom. The number of carbonyl (C=O) groups excluding carboxylic acids is 1. The van der Waals surface area contributed by atoms with Crippen LogP contribution < -0.4 is 4.74 Å². The average molecular weight is 341 g/mol. The summed E-state index contributed by atoms with van der Waals surface area (Å²) in [7, 11) is 1.47. The standard InChI is InChI=1S/C15H11BrF2O2/c1-20-15-5-3-10(16)8-11(15)14(19)7-9-2-4-12(17)13(18)6-9/h2-6,8H,7H2,1H3. The van der Waals surface area contributed by atoms with Crippen LogP contribution in [0.4, 0.5) is 8.78 Å². The number of hydrogen-bond donors (Lipinski definition) is 0. The second-order valence-electron chi connectivity index (χ2n) is 4.19. The minimum Gasteiger partial charge on any atom is -0.496 e. The first-order valence-electron chi connectivity index (χ1n) is 5.82. The highest BCUT2D eigenvalue weighted by molar-refractivity contribution is 9.10. The van der Waals surface area contributed by atoms with Gasteiger partial charge in [0.25, 0.3) is 0 Å². The zero-order chi connectivity index (χ0) is 14.7. The third-order valence-electron chi connectivity index (χ3n) is 2.81. The quantitative estimate of drug-likeness (QED) is 0.781. The molecular weight excluding hydrogens is 330 g/mol. The number of rotatable bonds is 4. The molecule has 0 aromatic heterocycles. The van der Waals surface area contributed by atoms with Crippen molar-refractivity contribution in [2.45, 2.75) is 6.42 Å². The molecule has 0 saturated carbocycles. The van der Waals surface area contributed by atoms with Gasteiger partial charge < -0.3 is 4.74 Å². The molecule has 0 saturated heterocycles. The fraction of sp³-hybridized carbons (Fsp3) is 0.133. The number of ether oxygens (including phenoxy) is 1. The first kappa shape index (κ1) is 14.7. The molecule has 2 nitrogen and oxygen atoms in total. The zero-order valence-corrected chi connectivity index (χ0v) is 12.2. The Morgan fingerprint density at radius 1 is 1.15 bits per heavy atom. The van der Waals surface area contributed by atoms with Crippen molar-refractivity contribution >= 4 is 21.7 Å². The molecule has 0 atom stereocenters. The molecule has 0 aliphatic rings. The van der Waals surface area contributed by atoms with Crippen LogP contribution in [0.5, 0.6) is 5.75 Å². The molecule has 0 fully saturated rings. The van der Waals surface area contributed by atoms with Gasteiger partial charge in [-0.2, -0.15) is 0 Å². The number of carbonyl (C=O) groups is 1. The van der Waals surface area contributed by atoms with Crippen molar-refractivity contribution < 1.29 is 18.3 Å². The summed E-state index contributed by atoms with van der Waals surface area (Å²) in [5.41, 5.74) is 0.808. The molecule has 2 aromatic rings. The summed E-state index contributed by atoms with van der Waals surface area (Å²) in [5.74, 6) is -1.67. The van der Waals surface area contributed by atoms with E-state index in [-0.39, 0.29) is 12.2 Å². The van der Waals surface area contributed by atoms with E-state index in [4.69, 9.17) is 4.74 Å². The van der Waals surface area contributed by atoms with Crippen LogP contribution >= 0.6 is 15.9 Å². The maximum absolute atomic E-state index is 13.1. The summed E-state index contributed by atoms with van der Waals surface area (Å²) >= 11 is 3.28. The predicted octanol–water partition coefficient (Wildman–Crippen LogP) is 4.16. The summed E-state index contributed by atoms with van der Waals surface area (Å²) in [5, 5.41) is 0. The lowest BCUT2D eigenvalue weighted by Gasteiger charge is -2.08. The van der Waals surface area contributed by atoms with Gasteiger partial charge in [-0.1, -0.05) is 22.0 Å². The number of benzene rings is 2. The largest absolute Gasteiger partial charge is 0.496 e. The number of methoxy groups -OCH3 is 1. The van der Waals surface area contributed by atoms with Crippen LogP contribution in [-0.4, -0.2) is 12.9 Å². The Labute approximate surface area is 123 Å². The second-order valence-corrected chi connectivity index (χ2v) is 5.11. The zero-order valence-electron chi connectivity index (χ0n) is 10.6. The first-order valence-corrected chi connectivity index (χ1v) is 6.61. The molecular formula is C15H11BrF2O2. The van der Waals surface area contributed by atoms with E-state index in [1.807, 2.05) is 0 Å². The van der Waals surface area contributed by atoms with Crippen molar-refractivity contribution in [3.05, 3.63) is 63.6 Å². The monoisotopic (exact) mass is 340 g/mol. The van der Waals surface area contributed by atoms with Crippen molar-refractivity contribution in [1.29, 1.82) is 0 Å². The van der Waals surface area contributed by atoms with Crippen molar-refractivity contribution in [2.75, 3.05) is 7.11 Å². The maximum atomic E-state index is 13.1. The average Bonchev–Trinajstić information content (AvgIpc) is 2.43. The minimum absolute atomic E-state index is 0.0238. The molecule has 0 bridgehead atoms. The van der Waals surface area contributed by atoms with Crippen molar-refractivity contribution in [2.24, 2.45) is 0 Å².